The van der Waals surface area contributed by atoms with Crippen LogP contribution in [-0.4, -0.2) is 14.5 Å². The molecule has 0 atom stereocenters. The average Bonchev–Trinajstić information content (AvgIpc) is 2.33. The molecule has 1 heterocycles. The van der Waals surface area contributed by atoms with Gasteiger partial charge in [0.15, 0.2) is 0 Å². The van der Waals surface area contributed by atoms with Gasteiger partial charge in [-0.2, -0.15) is 0 Å². The molecule has 0 spiro atoms. The molecule has 1 N–H and O–H groups in total. The van der Waals surface area contributed by atoms with Gasteiger partial charge in [-0.15, -0.1) is 0 Å². The Labute approximate surface area is 100 Å². The highest BCUT2D eigenvalue weighted by Gasteiger charge is 2.04. The summed E-state index contributed by atoms with van der Waals surface area (Å²) >= 11 is 0. The zero-order valence-corrected chi connectivity index (χ0v) is 9.20. The first-order chi connectivity index (χ1) is 8.56. The third-order valence-electron chi connectivity index (χ3n) is 2.40. The fraction of sp³-hybridized carbons (Fsp3) is 0.0909. The Morgan fingerprint density at radius 2 is 1.83 bits per heavy atom. The molecule has 0 saturated carbocycles. The average molecular weight is 247 g/mol. The summed E-state index contributed by atoms with van der Waals surface area (Å²) in [4.78, 5) is 34.4. The van der Waals surface area contributed by atoms with Crippen LogP contribution < -0.4 is 11.2 Å². The van der Waals surface area contributed by atoms with E-state index < -0.39 is 16.2 Å². The molecule has 18 heavy (non-hydrogen) atoms. The lowest BCUT2D eigenvalue weighted by molar-refractivity contribution is -0.384. The predicted molar refractivity (Wildman–Crippen MR) is 63.5 cm³/mol. The van der Waals surface area contributed by atoms with Crippen molar-refractivity contribution in [3.8, 4) is 0 Å². The van der Waals surface area contributed by atoms with Gasteiger partial charge in [-0.05, 0) is 5.56 Å². The zero-order valence-electron chi connectivity index (χ0n) is 9.20. The van der Waals surface area contributed by atoms with Crippen molar-refractivity contribution < 1.29 is 4.92 Å². The fourth-order valence-electron chi connectivity index (χ4n) is 1.49. The minimum atomic E-state index is -0.513. The van der Waals surface area contributed by atoms with Crippen LogP contribution >= 0.6 is 0 Å². The number of nitro benzene ring substituents is 1. The first-order valence-corrected chi connectivity index (χ1v) is 5.09. The van der Waals surface area contributed by atoms with Gasteiger partial charge in [0.2, 0.25) is 0 Å². The van der Waals surface area contributed by atoms with Gasteiger partial charge in [0.05, 0.1) is 11.5 Å². The minimum absolute atomic E-state index is 0.00688. The molecule has 0 aliphatic heterocycles. The summed E-state index contributed by atoms with van der Waals surface area (Å²) in [5.41, 5.74) is -0.247. The lowest BCUT2D eigenvalue weighted by Gasteiger charge is -2.04. The van der Waals surface area contributed by atoms with Gasteiger partial charge in [0, 0.05) is 24.4 Å². The Hall–Kier alpha value is -2.70. The minimum Gasteiger partial charge on any atom is -0.296 e. The van der Waals surface area contributed by atoms with Gasteiger partial charge >= 0.3 is 5.69 Å². The van der Waals surface area contributed by atoms with Crippen LogP contribution in [-0.2, 0) is 6.54 Å². The van der Waals surface area contributed by atoms with Crippen molar-refractivity contribution >= 4 is 5.69 Å². The highest BCUT2D eigenvalue weighted by molar-refractivity contribution is 5.32. The van der Waals surface area contributed by atoms with Crippen LogP contribution in [0.3, 0.4) is 0 Å². The van der Waals surface area contributed by atoms with Crippen molar-refractivity contribution in [2.75, 3.05) is 0 Å². The molecule has 0 aliphatic rings. The molecule has 1 aromatic heterocycles. The molecule has 0 radical (unpaired) electrons. The van der Waals surface area contributed by atoms with Gasteiger partial charge in [-0.1, -0.05) is 12.1 Å². The Morgan fingerprint density at radius 1 is 1.17 bits per heavy atom. The largest absolute Gasteiger partial charge is 0.328 e. The second-order valence-electron chi connectivity index (χ2n) is 3.66. The summed E-state index contributed by atoms with van der Waals surface area (Å²) in [6.45, 7) is 0.244. The van der Waals surface area contributed by atoms with E-state index in [1.165, 1.54) is 29.0 Å². The molecule has 0 unspecified atom stereocenters. The smallest absolute Gasteiger partial charge is 0.296 e. The van der Waals surface area contributed by atoms with Crippen molar-refractivity contribution in [1.29, 1.82) is 0 Å². The fourth-order valence-corrected chi connectivity index (χ4v) is 1.49. The number of benzene rings is 1. The summed E-state index contributed by atoms with van der Waals surface area (Å²) in [6, 6.07) is 7.11. The Kier molecular flexibility index (Phi) is 3.05. The number of nitrogens with one attached hydrogen (secondary N) is 1. The molecule has 92 valence electrons. The molecule has 0 amide bonds. The summed E-state index contributed by atoms with van der Waals surface area (Å²) in [5, 5.41) is 10.5. The van der Waals surface area contributed by atoms with E-state index in [9.17, 15) is 19.7 Å². The van der Waals surface area contributed by atoms with Crippen molar-refractivity contribution in [2.45, 2.75) is 6.54 Å². The molecule has 0 aliphatic carbocycles. The molecule has 0 fully saturated rings. The first kappa shape index (κ1) is 11.8. The van der Waals surface area contributed by atoms with Crippen LogP contribution in [0.5, 0.6) is 0 Å². The maximum atomic E-state index is 11.4. The Morgan fingerprint density at radius 3 is 2.39 bits per heavy atom. The second kappa shape index (κ2) is 4.66. The summed E-state index contributed by atoms with van der Waals surface area (Å²) in [6.07, 6.45) is 1.38. The van der Waals surface area contributed by atoms with Crippen molar-refractivity contribution in [1.82, 2.24) is 9.55 Å². The topological polar surface area (TPSA) is 98.0 Å². The number of hydrogen-bond donors (Lipinski definition) is 1. The Bertz CT molecular complexity index is 684. The van der Waals surface area contributed by atoms with E-state index >= 15 is 0 Å². The molecular weight excluding hydrogens is 238 g/mol. The van der Waals surface area contributed by atoms with Gasteiger partial charge in [0.25, 0.3) is 11.2 Å². The van der Waals surface area contributed by atoms with Gasteiger partial charge < -0.3 is 0 Å². The van der Waals surface area contributed by atoms with Crippen molar-refractivity contribution in [3.63, 3.8) is 0 Å². The number of nitrogens with zero attached hydrogens (tertiary/aromatic N) is 2. The van der Waals surface area contributed by atoms with Crippen LogP contribution in [0, 0.1) is 10.1 Å². The van der Waals surface area contributed by atoms with E-state index in [2.05, 4.69) is 4.98 Å². The second-order valence-corrected chi connectivity index (χ2v) is 3.66. The molecule has 2 aromatic rings. The highest BCUT2D eigenvalue weighted by Crippen LogP contribution is 2.12. The molecular formula is C11H9N3O4. The van der Waals surface area contributed by atoms with Crippen LogP contribution in [0.1, 0.15) is 5.56 Å². The number of aromatic nitrogens is 2. The number of hydrogen-bond acceptors (Lipinski definition) is 4. The van der Waals surface area contributed by atoms with Crippen LogP contribution in [0.15, 0.2) is 46.1 Å². The maximum Gasteiger partial charge on any atom is 0.328 e. The highest BCUT2D eigenvalue weighted by atomic mass is 16.6. The van der Waals surface area contributed by atoms with Crippen LogP contribution in [0.2, 0.25) is 0 Å². The van der Waals surface area contributed by atoms with Gasteiger partial charge in [-0.25, -0.2) is 4.79 Å². The third kappa shape index (κ3) is 2.51. The van der Waals surface area contributed by atoms with Crippen molar-refractivity contribution in [2.24, 2.45) is 0 Å². The summed E-state index contributed by atoms with van der Waals surface area (Å²) < 4.78 is 1.31. The summed E-state index contributed by atoms with van der Waals surface area (Å²) in [7, 11) is 0. The Balaban J connectivity index is 2.26. The van der Waals surface area contributed by atoms with Crippen LogP contribution in [0.25, 0.3) is 0 Å². The quantitative estimate of drug-likeness (QED) is 0.630. The zero-order chi connectivity index (χ0) is 13.1. The van der Waals surface area contributed by atoms with Crippen molar-refractivity contribution in [3.05, 3.63) is 73.0 Å². The maximum absolute atomic E-state index is 11.4. The first-order valence-electron chi connectivity index (χ1n) is 5.09. The molecule has 0 saturated heterocycles. The standard InChI is InChI=1S/C11H9N3O4/c15-10-5-6-13(11(16)12-10)7-8-1-3-9(4-2-8)14(17)18/h1-6H,7H2,(H,12,15,16). The number of aromatic amines is 1. The van der Waals surface area contributed by atoms with E-state index in [1.54, 1.807) is 12.1 Å². The molecule has 7 nitrogen and oxygen atoms in total. The summed E-state index contributed by atoms with van der Waals surface area (Å²) in [5.74, 6) is 0. The lowest BCUT2D eigenvalue weighted by Crippen LogP contribution is -2.28. The van der Waals surface area contributed by atoms with E-state index in [0.717, 1.165) is 5.56 Å². The molecule has 0 bridgehead atoms. The molecule has 1 aromatic carbocycles. The van der Waals surface area contributed by atoms with E-state index in [0.29, 0.717) is 0 Å². The van der Waals surface area contributed by atoms with Crippen LogP contribution in [0.4, 0.5) is 5.69 Å². The molecule has 7 heteroatoms. The van der Waals surface area contributed by atoms with Gasteiger partial charge in [-0.3, -0.25) is 24.5 Å². The number of rotatable bonds is 3. The number of nitro groups is 1. The third-order valence-corrected chi connectivity index (χ3v) is 2.40. The number of non-ortho nitro benzene ring substituents is 1. The predicted octanol–water partition coefficient (Wildman–Crippen LogP) is 0.493. The lowest BCUT2D eigenvalue weighted by atomic mass is 10.2. The van der Waals surface area contributed by atoms with Gasteiger partial charge in [0.1, 0.15) is 0 Å². The number of H-pyrrole nitrogens is 1. The monoisotopic (exact) mass is 247 g/mol. The van der Waals surface area contributed by atoms with E-state index in [4.69, 9.17) is 0 Å². The SMILES string of the molecule is O=c1ccn(Cc2ccc([N+](=O)[O-])cc2)c(=O)[nH]1. The normalized spacial score (nSPS) is 10.2. The molecule has 2 rings (SSSR count). The van der Waals surface area contributed by atoms with E-state index in [-0.39, 0.29) is 12.2 Å². The van der Waals surface area contributed by atoms with E-state index in [1.807, 2.05) is 0 Å².